The smallest absolute Gasteiger partial charge is 0.326 e. The Morgan fingerprint density at radius 1 is 0.933 bits per heavy atom. The summed E-state index contributed by atoms with van der Waals surface area (Å²) in [6.45, 7) is -0.569. The highest BCUT2D eigenvalue weighted by Gasteiger charge is 2.27. The first kappa shape index (κ1) is 27.1. The molecular formula is C16H28N6O7S. The van der Waals surface area contributed by atoms with E-state index in [1.807, 2.05) is 0 Å². The van der Waals surface area contributed by atoms with Crippen molar-refractivity contribution in [3.63, 3.8) is 0 Å². The first-order valence-corrected chi connectivity index (χ1v) is 10.3. The lowest BCUT2D eigenvalue weighted by atomic mass is 10.1. The van der Waals surface area contributed by atoms with E-state index in [4.69, 9.17) is 17.2 Å². The SMILES string of the molecule is CSCCC(NC(=O)C(CCC(N)=O)NC(=O)CNC(=O)C(N)CC(N)=O)C(=O)O. The summed E-state index contributed by atoms with van der Waals surface area (Å²) in [4.78, 5) is 69.3. The van der Waals surface area contributed by atoms with Crippen LogP contribution in [0.1, 0.15) is 25.7 Å². The van der Waals surface area contributed by atoms with Gasteiger partial charge in [-0.1, -0.05) is 0 Å². The van der Waals surface area contributed by atoms with Gasteiger partial charge in [-0.15, -0.1) is 0 Å². The molecule has 0 heterocycles. The molecule has 0 fully saturated rings. The second-order valence-corrected chi connectivity index (χ2v) is 7.29. The Labute approximate surface area is 177 Å². The van der Waals surface area contributed by atoms with Gasteiger partial charge in [-0.25, -0.2) is 4.79 Å². The van der Waals surface area contributed by atoms with E-state index in [1.54, 1.807) is 6.26 Å². The predicted octanol–water partition coefficient (Wildman–Crippen LogP) is -3.62. The first-order valence-electron chi connectivity index (χ1n) is 8.89. The van der Waals surface area contributed by atoms with Gasteiger partial charge in [0.2, 0.25) is 29.5 Å². The van der Waals surface area contributed by atoms with Crippen molar-refractivity contribution < 1.29 is 33.9 Å². The van der Waals surface area contributed by atoms with Gasteiger partial charge in [0.05, 0.1) is 19.0 Å². The van der Waals surface area contributed by atoms with Crippen LogP contribution in [-0.2, 0) is 28.8 Å². The number of carboxylic acids is 1. The van der Waals surface area contributed by atoms with Crippen LogP contribution in [0.15, 0.2) is 0 Å². The molecule has 0 bridgehead atoms. The van der Waals surface area contributed by atoms with Crippen molar-refractivity contribution >= 4 is 47.3 Å². The molecule has 0 aliphatic rings. The molecule has 0 aromatic heterocycles. The van der Waals surface area contributed by atoms with Crippen LogP contribution in [0, 0.1) is 0 Å². The molecule has 0 aromatic carbocycles. The average Bonchev–Trinajstić information content (AvgIpc) is 2.65. The molecule has 0 rings (SSSR count). The van der Waals surface area contributed by atoms with E-state index in [0.29, 0.717) is 5.75 Å². The molecule has 0 saturated heterocycles. The normalized spacial score (nSPS) is 13.4. The van der Waals surface area contributed by atoms with E-state index in [-0.39, 0.29) is 19.3 Å². The van der Waals surface area contributed by atoms with Crippen LogP contribution in [0.5, 0.6) is 0 Å². The molecule has 13 nitrogen and oxygen atoms in total. The van der Waals surface area contributed by atoms with Crippen molar-refractivity contribution in [3.05, 3.63) is 0 Å². The quantitative estimate of drug-likeness (QED) is 0.131. The predicted molar refractivity (Wildman–Crippen MR) is 108 cm³/mol. The van der Waals surface area contributed by atoms with E-state index < -0.39 is 66.6 Å². The highest BCUT2D eigenvalue weighted by molar-refractivity contribution is 7.98. The molecule has 0 aromatic rings. The molecule has 0 radical (unpaired) electrons. The van der Waals surface area contributed by atoms with Gasteiger partial charge >= 0.3 is 5.97 Å². The Morgan fingerprint density at radius 3 is 2.07 bits per heavy atom. The van der Waals surface area contributed by atoms with Gasteiger partial charge in [0.1, 0.15) is 12.1 Å². The van der Waals surface area contributed by atoms with E-state index in [0.717, 1.165) is 0 Å². The Bertz CT molecular complexity index is 660. The molecule has 0 aliphatic heterocycles. The van der Waals surface area contributed by atoms with Crippen LogP contribution in [-0.4, -0.2) is 77.3 Å². The van der Waals surface area contributed by atoms with Crippen LogP contribution in [0.4, 0.5) is 0 Å². The summed E-state index contributed by atoms with van der Waals surface area (Å²) >= 11 is 1.40. The van der Waals surface area contributed by atoms with Crippen molar-refractivity contribution in [3.8, 4) is 0 Å². The summed E-state index contributed by atoms with van der Waals surface area (Å²) in [5.74, 6) is -4.68. The maximum Gasteiger partial charge on any atom is 0.326 e. The zero-order chi connectivity index (χ0) is 23.3. The summed E-state index contributed by atoms with van der Waals surface area (Å²) in [7, 11) is 0. The minimum Gasteiger partial charge on any atom is -0.480 e. The fraction of sp³-hybridized carbons (Fsp3) is 0.625. The number of nitrogens with two attached hydrogens (primary N) is 3. The van der Waals surface area contributed by atoms with Crippen molar-refractivity contribution in [2.45, 2.75) is 43.8 Å². The highest BCUT2D eigenvalue weighted by atomic mass is 32.2. The van der Waals surface area contributed by atoms with Gasteiger partial charge in [0.15, 0.2) is 0 Å². The molecule has 5 amide bonds. The number of amides is 5. The number of hydrogen-bond acceptors (Lipinski definition) is 8. The molecule has 0 spiro atoms. The van der Waals surface area contributed by atoms with Crippen LogP contribution >= 0.6 is 11.8 Å². The van der Waals surface area contributed by atoms with Gasteiger partial charge < -0.3 is 38.3 Å². The van der Waals surface area contributed by atoms with Gasteiger partial charge in [-0.2, -0.15) is 11.8 Å². The fourth-order valence-corrected chi connectivity index (χ4v) is 2.65. The summed E-state index contributed by atoms with van der Waals surface area (Å²) in [6, 6.07) is -3.67. The van der Waals surface area contributed by atoms with Gasteiger partial charge in [0.25, 0.3) is 0 Å². The Morgan fingerprint density at radius 2 is 1.57 bits per heavy atom. The number of carbonyl (C=O) groups is 6. The van der Waals surface area contributed by atoms with Crippen molar-refractivity contribution in [2.75, 3.05) is 18.6 Å². The standard InChI is InChI=1S/C16H28N6O7S/c1-30-5-4-10(16(28)29)22-15(27)9(2-3-11(18)23)21-13(25)7-20-14(26)8(17)6-12(19)24/h8-10H,2-7,17H2,1H3,(H2,18,23)(H2,19,24)(H,20,26)(H,21,25)(H,22,27)(H,28,29). The molecule has 3 atom stereocenters. The lowest BCUT2D eigenvalue weighted by Gasteiger charge is -2.21. The molecule has 30 heavy (non-hydrogen) atoms. The lowest BCUT2D eigenvalue weighted by Crippen LogP contribution is -2.54. The molecule has 0 aliphatic carbocycles. The van der Waals surface area contributed by atoms with Crippen molar-refractivity contribution in [1.82, 2.24) is 16.0 Å². The third-order valence-corrected chi connectivity index (χ3v) is 4.38. The van der Waals surface area contributed by atoms with Crippen LogP contribution < -0.4 is 33.2 Å². The second kappa shape index (κ2) is 14.2. The van der Waals surface area contributed by atoms with Crippen LogP contribution in [0.25, 0.3) is 0 Å². The highest BCUT2D eigenvalue weighted by Crippen LogP contribution is 2.04. The number of thioether (sulfide) groups is 1. The molecule has 14 heteroatoms. The zero-order valence-electron chi connectivity index (χ0n) is 16.5. The first-order chi connectivity index (χ1) is 14.0. The number of rotatable bonds is 15. The average molecular weight is 449 g/mol. The molecule has 10 N–H and O–H groups in total. The van der Waals surface area contributed by atoms with Gasteiger partial charge in [-0.3, -0.25) is 24.0 Å². The molecule has 170 valence electrons. The number of aliphatic carboxylic acids is 1. The third-order valence-electron chi connectivity index (χ3n) is 3.74. The number of nitrogens with one attached hydrogen (secondary N) is 3. The minimum atomic E-state index is -1.25. The summed E-state index contributed by atoms with van der Waals surface area (Å²) in [5, 5.41) is 16.0. The van der Waals surface area contributed by atoms with Gasteiger partial charge in [0, 0.05) is 6.42 Å². The van der Waals surface area contributed by atoms with E-state index in [9.17, 15) is 33.9 Å². The minimum absolute atomic E-state index is 0.159. The number of carboxylic acid groups (broad SMARTS) is 1. The topological polar surface area (TPSA) is 237 Å². The monoisotopic (exact) mass is 448 g/mol. The Hall–Kier alpha value is -2.87. The van der Waals surface area contributed by atoms with E-state index in [1.165, 1.54) is 11.8 Å². The lowest BCUT2D eigenvalue weighted by molar-refractivity contribution is -0.142. The number of primary amides is 2. The Kier molecular flexibility index (Phi) is 12.8. The third kappa shape index (κ3) is 11.9. The van der Waals surface area contributed by atoms with Gasteiger partial charge in [-0.05, 0) is 24.9 Å². The molecule has 3 unspecified atom stereocenters. The summed E-state index contributed by atoms with van der Waals surface area (Å²) in [5.41, 5.74) is 15.4. The number of carbonyl (C=O) groups excluding carboxylic acids is 5. The van der Waals surface area contributed by atoms with Crippen molar-refractivity contribution in [1.29, 1.82) is 0 Å². The molecular weight excluding hydrogens is 420 g/mol. The maximum atomic E-state index is 12.4. The van der Waals surface area contributed by atoms with Crippen molar-refractivity contribution in [2.24, 2.45) is 17.2 Å². The summed E-state index contributed by atoms with van der Waals surface area (Å²) in [6.07, 6.45) is 1.12. The zero-order valence-corrected chi connectivity index (χ0v) is 17.3. The fourth-order valence-electron chi connectivity index (χ4n) is 2.17. The maximum absolute atomic E-state index is 12.4. The number of hydrogen-bond donors (Lipinski definition) is 7. The molecule has 0 saturated carbocycles. The van der Waals surface area contributed by atoms with E-state index in [2.05, 4.69) is 16.0 Å². The second-order valence-electron chi connectivity index (χ2n) is 6.30. The largest absolute Gasteiger partial charge is 0.480 e. The van der Waals surface area contributed by atoms with Crippen LogP contribution in [0.3, 0.4) is 0 Å². The van der Waals surface area contributed by atoms with E-state index >= 15 is 0 Å². The Balaban J connectivity index is 4.94. The summed E-state index contributed by atoms with van der Waals surface area (Å²) < 4.78 is 0. The van der Waals surface area contributed by atoms with Crippen LogP contribution in [0.2, 0.25) is 0 Å².